The first kappa shape index (κ1) is 19.0. The Kier molecular flexibility index (Phi) is 8.80. The molecule has 0 aliphatic carbocycles. The third-order valence-corrected chi connectivity index (χ3v) is 3.56. The molecule has 0 unspecified atom stereocenters. The van der Waals surface area contributed by atoms with Crippen LogP contribution in [-0.4, -0.2) is 43.5 Å². The van der Waals surface area contributed by atoms with Crippen LogP contribution in [-0.2, 0) is 16.0 Å². The van der Waals surface area contributed by atoms with Crippen molar-refractivity contribution in [3.63, 3.8) is 0 Å². The molecule has 1 aromatic carbocycles. The highest BCUT2D eigenvalue weighted by molar-refractivity contribution is 5.96. The van der Waals surface area contributed by atoms with Crippen molar-refractivity contribution >= 4 is 11.8 Å². The van der Waals surface area contributed by atoms with Crippen LogP contribution >= 0.6 is 0 Å². The SMILES string of the molecule is CCCN(CCC)C(=O)CC(=O)NCCc1ccccc1OC. The first-order valence-electron chi connectivity index (χ1n) is 8.28. The van der Waals surface area contributed by atoms with E-state index in [1.807, 2.05) is 38.1 Å². The summed E-state index contributed by atoms with van der Waals surface area (Å²) in [5.74, 6) is 0.500. The topological polar surface area (TPSA) is 58.6 Å². The van der Waals surface area contributed by atoms with E-state index in [-0.39, 0.29) is 18.2 Å². The number of nitrogens with zero attached hydrogens (tertiary/aromatic N) is 1. The first-order chi connectivity index (χ1) is 11.1. The Hall–Kier alpha value is -2.04. The van der Waals surface area contributed by atoms with Crippen molar-refractivity contribution in [3.8, 4) is 5.75 Å². The second-order valence-electron chi connectivity index (χ2n) is 5.47. The maximum Gasteiger partial charge on any atom is 0.232 e. The summed E-state index contributed by atoms with van der Waals surface area (Å²) in [5, 5.41) is 2.81. The fourth-order valence-electron chi connectivity index (χ4n) is 2.46. The predicted octanol–water partition coefficient (Wildman–Crippen LogP) is 2.39. The fraction of sp³-hybridized carbons (Fsp3) is 0.556. The fourth-order valence-corrected chi connectivity index (χ4v) is 2.46. The zero-order valence-electron chi connectivity index (χ0n) is 14.4. The lowest BCUT2D eigenvalue weighted by Gasteiger charge is -2.21. The molecule has 0 saturated carbocycles. The molecule has 5 heteroatoms. The van der Waals surface area contributed by atoms with Gasteiger partial charge in [-0.15, -0.1) is 0 Å². The van der Waals surface area contributed by atoms with E-state index in [2.05, 4.69) is 5.32 Å². The summed E-state index contributed by atoms with van der Waals surface area (Å²) in [7, 11) is 1.63. The van der Waals surface area contributed by atoms with Crippen LogP contribution in [0.4, 0.5) is 0 Å². The zero-order valence-corrected chi connectivity index (χ0v) is 14.4. The lowest BCUT2D eigenvalue weighted by atomic mass is 10.1. The van der Waals surface area contributed by atoms with Crippen LogP contribution in [0, 0.1) is 0 Å². The van der Waals surface area contributed by atoms with Crippen molar-refractivity contribution in [2.75, 3.05) is 26.7 Å². The summed E-state index contributed by atoms with van der Waals surface area (Å²) in [5.41, 5.74) is 1.04. The highest BCUT2D eigenvalue weighted by Gasteiger charge is 2.15. The van der Waals surface area contributed by atoms with Crippen LogP contribution in [0.25, 0.3) is 0 Å². The molecule has 0 aromatic heterocycles. The van der Waals surface area contributed by atoms with Gasteiger partial charge in [-0.25, -0.2) is 0 Å². The minimum atomic E-state index is -0.220. The number of hydrogen-bond acceptors (Lipinski definition) is 3. The number of nitrogens with one attached hydrogen (secondary N) is 1. The highest BCUT2D eigenvalue weighted by atomic mass is 16.5. The monoisotopic (exact) mass is 320 g/mol. The van der Waals surface area contributed by atoms with E-state index in [9.17, 15) is 9.59 Å². The van der Waals surface area contributed by atoms with E-state index in [1.54, 1.807) is 12.0 Å². The minimum Gasteiger partial charge on any atom is -0.496 e. The maximum absolute atomic E-state index is 12.1. The largest absolute Gasteiger partial charge is 0.496 e. The summed E-state index contributed by atoms with van der Waals surface area (Å²) in [4.78, 5) is 25.8. The van der Waals surface area contributed by atoms with Gasteiger partial charge in [0.2, 0.25) is 11.8 Å². The molecule has 0 aliphatic rings. The van der Waals surface area contributed by atoms with Gasteiger partial charge < -0.3 is 15.0 Å². The van der Waals surface area contributed by atoms with Crippen LogP contribution in [0.5, 0.6) is 5.75 Å². The molecule has 1 N–H and O–H groups in total. The van der Waals surface area contributed by atoms with E-state index in [4.69, 9.17) is 4.74 Å². The summed E-state index contributed by atoms with van der Waals surface area (Å²) in [6.45, 7) is 5.98. The van der Waals surface area contributed by atoms with Crippen molar-refractivity contribution < 1.29 is 14.3 Å². The molecule has 0 saturated heterocycles. The van der Waals surface area contributed by atoms with Gasteiger partial charge in [-0.05, 0) is 30.9 Å². The van der Waals surface area contributed by atoms with Gasteiger partial charge in [0.05, 0.1) is 7.11 Å². The summed E-state index contributed by atoms with van der Waals surface area (Å²) >= 11 is 0. The Balaban J connectivity index is 2.40. The quantitative estimate of drug-likeness (QED) is 0.674. The van der Waals surface area contributed by atoms with Gasteiger partial charge >= 0.3 is 0 Å². The molecule has 1 aromatic rings. The number of rotatable bonds is 10. The van der Waals surface area contributed by atoms with Crippen LogP contribution in [0.15, 0.2) is 24.3 Å². The van der Waals surface area contributed by atoms with Crippen LogP contribution < -0.4 is 10.1 Å². The molecule has 0 fully saturated rings. The Morgan fingerprint density at radius 3 is 2.39 bits per heavy atom. The highest BCUT2D eigenvalue weighted by Crippen LogP contribution is 2.17. The first-order valence-corrected chi connectivity index (χ1v) is 8.28. The van der Waals surface area contributed by atoms with Gasteiger partial charge in [-0.1, -0.05) is 32.0 Å². The Morgan fingerprint density at radius 2 is 1.78 bits per heavy atom. The molecule has 0 atom stereocenters. The normalized spacial score (nSPS) is 10.2. The van der Waals surface area contributed by atoms with Crippen LogP contribution in [0.3, 0.4) is 0 Å². The smallest absolute Gasteiger partial charge is 0.232 e. The standard InChI is InChI=1S/C18H28N2O3/c1-4-12-20(13-5-2)18(22)14-17(21)19-11-10-15-8-6-7-9-16(15)23-3/h6-9H,4-5,10-14H2,1-3H3,(H,19,21). The summed E-state index contributed by atoms with van der Waals surface area (Å²) in [6, 6.07) is 7.72. The third-order valence-electron chi connectivity index (χ3n) is 3.56. The van der Waals surface area contributed by atoms with Gasteiger partial charge in [0, 0.05) is 19.6 Å². The lowest BCUT2D eigenvalue weighted by Crippen LogP contribution is -2.37. The Labute approximate surface area is 139 Å². The average molecular weight is 320 g/mol. The molecular formula is C18H28N2O3. The van der Waals surface area contributed by atoms with E-state index >= 15 is 0 Å². The van der Waals surface area contributed by atoms with Crippen molar-refractivity contribution in [1.82, 2.24) is 10.2 Å². The lowest BCUT2D eigenvalue weighted by molar-refractivity contribution is -0.136. The molecule has 128 valence electrons. The Bertz CT molecular complexity index is 497. The maximum atomic E-state index is 12.1. The second-order valence-corrected chi connectivity index (χ2v) is 5.47. The molecule has 0 radical (unpaired) electrons. The number of methoxy groups -OCH3 is 1. The van der Waals surface area contributed by atoms with Gasteiger partial charge in [0.1, 0.15) is 12.2 Å². The van der Waals surface area contributed by atoms with Crippen molar-refractivity contribution in [3.05, 3.63) is 29.8 Å². The van der Waals surface area contributed by atoms with Gasteiger partial charge in [0.15, 0.2) is 0 Å². The number of ether oxygens (including phenoxy) is 1. The molecule has 0 bridgehead atoms. The number of carbonyl (C=O) groups is 2. The van der Waals surface area contributed by atoms with Crippen molar-refractivity contribution in [2.45, 2.75) is 39.5 Å². The number of benzene rings is 1. The van der Waals surface area contributed by atoms with Crippen LogP contribution in [0.2, 0.25) is 0 Å². The van der Waals surface area contributed by atoms with Gasteiger partial charge in [-0.3, -0.25) is 9.59 Å². The number of hydrogen-bond donors (Lipinski definition) is 1. The van der Waals surface area contributed by atoms with Crippen molar-refractivity contribution in [2.24, 2.45) is 0 Å². The van der Waals surface area contributed by atoms with Crippen molar-refractivity contribution in [1.29, 1.82) is 0 Å². The van der Waals surface area contributed by atoms with Gasteiger partial charge in [-0.2, -0.15) is 0 Å². The molecule has 0 heterocycles. The van der Waals surface area contributed by atoms with Gasteiger partial charge in [0.25, 0.3) is 0 Å². The second kappa shape index (κ2) is 10.6. The Morgan fingerprint density at radius 1 is 1.13 bits per heavy atom. The predicted molar refractivity (Wildman–Crippen MR) is 91.5 cm³/mol. The minimum absolute atomic E-state index is 0.0775. The summed E-state index contributed by atoms with van der Waals surface area (Å²) < 4.78 is 5.28. The average Bonchev–Trinajstić information content (AvgIpc) is 2.55. The molecule has 5 nitrogen and oxygen atoms in total. The van der Waals surface area contributed by atoms with E-state index in [0.717, 1.165) is 24.2 Å². The third kappa shape index (κ3) is 6.72. The summed E-state index contributed by atoms with van der Waals surface area (Å²) in [6.07, 6.45) is 2.41. The van der Waals surface area contributed by atoms with Crippen LogP contribution in [0.1, 0.15) is 38.7 Å². The molecule has 1 rings (SSSR count). The zero-order chi connectivity index (χ0) is 17.1. The van der Waals surface area contributed by atoms with E-state index in [0.29, 0.717) is 26.1 Å². The molecular weight excluding hydrogens is 292 g/mol. The number of amides is 2. The molecule has 0 spiro atoms. The molecule has 23 heavy (non-hydrogen) atoms. The van der Waals surface area contributed by atoms with E-state index < -0.39 is 0 Å². The number of carbonyl (C=O) groups excluding carboxylic acids is 2. The number of para-hydroxylation sites is 1. The molecule has 2 amide bonds. The molecule has 0 aliphatic heterocycles. The van der Waals surface area contributed by atoms with E-state index in [1.165, 1.54) is 0 Å².